The van der Waals surface area contributed by atoms with E-state index in [-0.39, 0.29) is 10.8 Å². The topological polar surface area (TPSA) is 8.17 Å². The van der Waals surface area contributed by atoms with Crippen LogP contribution >= 0.6 is 0 Å². The summed E-state index contributed by atoms with van der Waals surface area (Å²) < 4.78 is 2.49. The molecule has 2 aliphatic carbocycles. The van der Waals surface area contributed by atoms with Crippen LogP contribution in [0.2, 0.25) is 0 Å². The maximum atomic E-state index is 2.56. The lowest BCUT2D eigenvalue weighted by molar-refractivity contribution is 0.660. The molecule has 1 aromatic heterocycles. The normalized spacial score (nSPS) is 14.4. The van der Waals surface area contributed by atoms with Crippen molar-refractivity contribution in [3.05, 3.63) is 204 Å². The van der Waals surface area contributed by atoms with Crippen LogP contribution in [0.3, 0.4) is 0 Å². The summed E-state index contributed by atoms with van der Waals surface area (Å²) in [4.78, 5) is 2.56. The summed E-state index contributed by atoms with van der Waals surface area (Å²) in [6.07, 6.45) is 0. The molecule has 56 heavy (non-hydrogen) atoms. The minimum absolute atomic E-state index is 0.137. The summed E-state index contributed by atoms with van der Waals surface area (Å²) in [5.41, 5.74) is 19.8. The van der Waals surface area contributed by atoms with Gasteiger partial charge < -0.3 is 9.47 Å². The van der Waals surface area contributed by atoms with Gasteiger partial charge in [0, 0.05) is 32.9 Å². The number of para-hydroxylation sites is 2. The van der Waals surface area contributed by atoms with E-state index in [2.05, 4.69) is 219 Å². The molecule has 0 aliphatic heterocycles. The Morgan fingerprint density at radius 3 is 1.70 bits per heavy atom. The minimum Gasteiger partial charge on any atom is -0.308 e. The van der Waals surface area contributed by atoms with Crippen molar-refractivity contribution in [2.75, 3.05) is 4.90 Å². The number of rotatable bonds is 5. The SMILES string of the molecule is CC1(C)c2ccccc2-c2ccc(N(c3ccc(-c4ccccc4)cc3-n3c4ccccc4c4ccccc43)c3cccc4c3-c3ccccc3C4(C)C)cc21. The second-order valence-electron chi connectivity index (χ2n) is 16.5. The molecule has 0 fully saturated rings. The molecule has 0 N–H and O–H groups in total. The van der Waals surface area contributed by atoms with Crippen LogP contribution in [0.25, 0.3) is 60.9 Å². The van der Waals surface area contributed by atoms with Crippen LogP contribution in [-0.4, -0.2) is 4.57 Å². The zero-order valence-electron chi connectivity index (χ0n) is 32.2. The van der Waals surface area contributed by atoms with Gasteiger partial charge in [-0.05, 0) is 92.5 Å². The third-order valence-corrected chi connectivity index (χ3v) is 12.8. The van der Waals surface area contributed by atoms with Gasteiger partial charge >= 0.3 is 0 Å². The van der Waals surface area contributed by atoms with Gasteiger partial charge in [-0.1, -0.05) is 167 Å². The van der Waals surface area contributed by atoms with Gasteiger partial charge in [0.15, 0.2) is 0 Å². The number of aromatic nitrogens is 1. The maximum Gasteiger partial charge on any atom is 0.0709 e. The van der Waals surface area contributed by atoms with Crippen molar-refractivity contribution in [2.24, 2.45) is 0 Å². The molecule has 0 saturated heterocycles. The molecule has 2 aliphatic rings. The highest BCUT2D eigenvalue weighted by Gasteiger charge is 2.39. The first kappa shape index (κ1) is 32.8. The summed E-state index contributed by atoms with van der Waals surface area (Å²) in [5.74, 6) is 0. The Balaban J connectivity index is 1.26. The molecule has 2 heteroatoms. The fraction of sp³-hybridized carbons (Fsp3) is 0.111. The highest BCUT2D eigenvalue weighted by atomic mass is 15.2. The van der Waals surface area contributed by atoms with E-state index >= 15 is 0 Å². The number of nitrogens with zero attached hydrogens (tertiary/aromatic N) is 2. The Hall–Kier alpha value is -6.64. The number of hydrogen-bond donors (Lipinski definition) is 0. The first-order valence-corrected chi connectivity index (χ1v) is 19.8. The minimum atomic E-state index is -0.145. The van der Waals surface area contributed by atoms with Gasteiger partial charge in [-0.3, -0.25) is 0 Å². The lowest BCUT2D eigenvalue weighted by Gasteiger charge is -2.32. The Kier molecular flexibility index (Phi) is 6.98. The summed E-state index contributed by atoms with van der Waals surface area (Å²) in [5, 5.41) is 2.50. The van der Waals surface area contributed by atoms with Crippen LogP contribution in [-0.2, 0) is 10.8 Å². The smallest absolute Gasteiger partial charge is 0.0709 e. The lowest BCUT2D eigenvalue weighted by Crippen LogP contribution is -2.18. The number of hydrogen-bond acceptors (Lipinski definition) is 1. The fourth-order valence-electron chi connectivity index (χ4n) is 10.0. The lowest BCUT2D eigenvalue weighted by atomic mass is 9.82. The Morgan fingerprint density at radius 1 is 0.393 bits per heavy atom. The molecule has 0 bridgehead atoms. The third-order valence-electron chi connectivity index (χ3n) is 12.8. The van der Waals surface area contributed by atoms with Gasteiger partial charge in [-0.2, -0.15) is 0 Å². The number of anilines is 3. The van der Waals surface area contributed by atoms with E-state index in [1.165, 1.54) is 83.1 Å². The molecule has 1 heterocycles. The number of benzene rings is 8. The summed E-state index contributed by atoms with van der Waals surface area (Å²) in [6, 6.07) is 67.7. The molecule has 11 rings (SSSR count). The van der Waals surface area contributed by atoms with Crippen molar-refractivity contribution < 1.29 is 0 Å². The third kappa shape index (κ3) is 4.56. The summed E-state index contributed by atoms with van der Waals surface area (Å²) in [7, 11) is 0. The first-order valence-electron chi connectivity index (χ1n) is 19.8. The second-order valence-corrected chi connectivity index (χ2v) is 16.5. The standard InChI is InChI=1S/C54H42N2/c1-53(2)44-24-13-9-22-42(44)52-45(53)25-16-28-50(52)55(37-30-31-39-38-19-8-12-23-43(38)54(3,4)46(39)34-37)49-32-29-36(35-17-6-5-7-18-35)33-51(49)56-47-26-14-10-20-40(47)41-21-11-15-27-48(41)56/h5-34H,1-4H3. The van der Waals surface area contributed by atoms with Gasteiger partial charge in [0.1, 0.15) is 0 Å². The average Bonchev–Trinajstić information content (AvgIpc) is 3.79. The van der Waals surface area contributed by atoms with Crippen LogP contribution in [0.4, 0.5) is 17.1 Å². The van der Waals surface area contributed by atoms with E-state index in [4.69, 9.17) is 0 Å². The van der Waals surface area contributed by atoms with Crippen molar-refractivity contribution in [3.63, 3.8) is 0 Å². The molecule has 0 atom stereocenters. The zero-order chi connectivity index (χ0) is 37.8. The predicted octanol–water partition coefficient (Wildman–Crippen LogP) is 14.5. The van der Waals surface area contributed by atoms with Crippen LogP contribution < -0.4 is 4.90 Å². The van der Waals surface area contributed by atoms with Crippen molar-refractivity contribution in [2.45, 2.75) is 38.5 Å². The molecular weight excluding hydrogens is 677 g/mol. The molecule has 9 aromatic rings. The van der Waals surface area contributed by atoms with Gasteiger partial charge in [-0.15, -0.1) is 0 Å². The van der Waals surface area contributed by atoms with Crippen LogP contribution in [0.15, 0.2) is 182 Å². The number of fused-ring (bicyclic) bond motifs is 9. The molecule has 8 aromatic carbocycles. The van der Waals surface area contributed by atoms with E-state index in [1.54, 1.807) is 0 Å². The van der Waals surface area contributed by atoms with Crippen LogP contribution in [0.5, 0.6) is 0 Å². The molecule has 0 radical (unpaired) electrons. The van der Waals surface area contributed by atoms with Crippen molar-refractivity contribution >= 4 is 38.9 Å². The van der Waals surface area contributed by atoms with Gasteiger partial charge in [0.2, 0.25) is 0 Å². The predicted molar refractivity (Wildman–Crippen MR) is 236 cm³/mol. The molecule has 0 spiro atoms. The largest absolute Gasteiger partial charge is 0.308 e. The van der Waals surface area contributed by atoms with E-state index in [0.717, 1.165) is 17.1 Å². The van der Waals surface area contributed by atoms with E-state index < -0.39 is 0 Å². The van der Waals surface area contributed by atoms with Crippen molar-refractivity contribution in [1.29, 1.82) is 0 Å². The highest BCUT2D eigenvalue weighted by Crippen LogP contribution is 2.56. The van der Waals surface area contributed by atoms with Gasteiger partial charge in [-0.25, -0.2) is 0 Å². The van der Waals surface area contributed by atoms with Crippen molar-refractivity contribution in [1.82, 2.24) is 4.57 Å². The zero-order valence-corrected chi connectivity index (χ0v) is 32.2. The molecule has 268 valence electrons. The second kappa shape index (κ2) is 11.9. The molecule has 2 nitrogen and oxygen atoms in total. The highest BCUT2D eigenvalue weighted by molar-refractivity contribution is 6.10. The molecule has 0 saturated carbocycles. The fourth-order valence-corrected chi connectivity index (χ4v) is 10.0. The Labute approximate surface area is 328 Å². The Morgan fingerprint density at radius 2 is 0.964 bits per heavy atom. The van der Waals surface area contributed by atoms with E-state index in [9.17, 15) is 0 Å². The Bertz CT molecular complexity index is 2980. The van der Waals surface area contributed by atoms with Gasteiger partial charge in [0.05, 0.1) is 28.1 Å². The maximum absolute atomic E-state index is 2.56. The molecule has 0 amide bonds. The molecule has 0 unspecified atom stereocenters. The van der Waals surface area contributed by atoms with E-state index in [0.29, 0.717) is 0 Å². The molecular formula is C54H42N2. The summed E-state index contributed by atoms with van der Waals surface area (Å²) in [6.45, 7) is 9.50. The first-order chi connectivity index (χ1) is 27.3. The van der Waals surface area contributed by atoms with E-state index in [1.807, 2.05) is 0 Å². The van der Waals surface area contributed by atoms with Crippen LogP contribution in [0, 0.1) is 0 Å². The quantitative estimate of drug-likeness (QED) is 0.172. The van der Waals surface area contributed by atoms with Gasteiger partial charge in [0.25, 0.3) is 0 Å². The van der Waals surface area contributed by atoms with Crippen molar-refractivity contribution in [3.8, 4) is 39.1 Å². The summed E-state index contributed by atoms with van der Waals surface area (Å²) >= 11 is 0. The monoisotopic (exact) mass is 718 g/mol. The van der Waals surface area contributed by atoms with Crippen LogP contribution in [0.1, 0.15) is 49.9 Å². The average molecular weight is 719 g/mol.